The zero-order valence-corrected chi connectivity index (χ0v) is 27.3. The first-order valence-electron chi connectivity index (χ1n) is 14.9. The third-order valence-corrected chi connectivity index (χ3v) is 8.05. The number of ether oxygens (including phenoxy) is 2. The van der Waals surface area contributed by atoms with E-state index in [1.807, 2.05) is 0 Å². The van der Waals surface area contributed by atoms with E-state index in [1.54, 1.807) is 0 Å². The van der Waals surface area contributed by atoms with Crippen LogP contribution >= 0.6 is 0 Å². The van der Waals surface area contributed by atoms with Gasteiger partial charge in [-0.25, -0.2) is 8.42 Å². The zero-order valence-electron chi connectivity index (χ0n) is 24.4. The number of esters is 1. The molecule has 11 heteroatoms. The molecule has 1 fully saturated rings. The molecule has 0 aromatic rings. The molecule has 0 bridgehead atoms. The van der Waals surface area contributed by atoms with Gasteiger partial charge in [-0.15, -0.1) is 0 Å². The Bertz CT molecular complexity index is 707. The number of carbonyl (C=O) groups is 1. The molecule has 1 rings (SSSR count). The second-order valence-corrected chi connectivity index (χ2v) is 12.3. The first-order chi connectivity index (χ1) is 18.2. The van der Waals surface area contributed by atoms with Crippen molar-refractivity contribution in [3.8, 4) is 0 Å². The van der Waals surface area contributed by atoms with Gasteiger partial charge in [-0.3, -0.25) is 4.79 Å². The third kappa shape index (κ3) is 19.9. The van der Waals surface area contributed by atoms with Gasteiger partial charge in [0.1, 0.15) is 18.3 Å². The Morgan fingerprint density at radius 2 is 1.18 bits per heavy atom. The maximum atomic E-state index is 11.9. The van der Waals surface area contributed by atoms with Crippen LogP contribution in [0.25, 0.3) is 0 Å². The van der Waals surface area contributed by atoms with E-state index in [2.05, 4.69) is 6.92 Å². The molecule has 0 amide bonds. The largest absolute Gasteiger partial charge is 1.00 e. The van der Waals surface area contributed by atoms with Crippen molar-refractivity contribution < 1.29 is 72.1 Å². The van der Waals surface area contributed by atoms with Crippen LogP contribution in [-0.4, -0.2) is 77.1 Å². The zero-order chi connectivity index (χ0) is 28.2. The van der Waals surface area contributed by atoms with Crippen LogP contribution in [0.4, 0.5) is 0 Å². The summed E-state index contributed by atoms with van der Waals surface area (Å²) < 4.78 is 43.6. The van der Waals surface area contributed by atoms with Crippen LogP contribution in [0.1, 0.15) is 129 Å². The minimum Gasteiger partial charge on any atom is -0.748 e. The van der Waals surface area contributed by atoms with E-state index >= 15 is 0 Å². The van der Waals surface area contributed by atoms with Gasteiger partial charge >= 0.3 is 35.5 Å². The van der Waals surface area contributed by atoms with Crippen LogP contribution in [0.5, 0.6) is 0 Å². The van der Waals surface area contributed by atoms with Crippen molar-refractivity contribution >= 4 is 16.1 Å². The molecule has 0 spiro atoms. The summed E-state index contributed by atoms with van der Waals surface area (Å²) in [6.07, 6.45) is 13.8. The molecule has 0 saturated carbocycles. The van der Waals surface area contributed by atoms with Gasteiger partial charge in [0, 0.05) is 6.42 Å². The number of unbranched alkanes of at least 4 members (excludes halogenated alkanes) is 15. The van der Waals surface area contributed by atoms with E-state index in [0.717, 1.165) is 19.3 Å². The first kappa shape index (κ1) is 39.2. The van der Waals surface area contributed by atoms with E-state index in [4.69, 9.17) is 9.47 Å². The molecule has 0 aliphatic carbocycles. The van der Waals surface area contributed by atoms with Crippen molar-refractivity contribution in [3.05, 3.63) is 0 Å². The van der Waals surface area contributed by atoms with Crippen molar-refractivity contribution in [2.24, 2.45) is 0 Å². The molecule has 0 aromatic carbocycles. The Morgan fingerprint density at radius 3 is 1.67 bits per heavy atom. The van der Waals surface area contributed by atoms with Crippen LogP contribution in [0, 0.1) is 0 Å². The average Bonchev–Trinajstić information content (AvgIpc) is 2.86. The van der Waals surface area contributed by atoms with Crippen molar-refractivity contribution in [1.29, 1.82) is 0 Å². The second-order valence-electron chi connectivity index (χ2n) is 10.8. The Hall–Kier alpha value is 0.220. The molecule has 1 aliphatic rings. The summed E-state index contributed by atoms with van der Waals surface area (Å²) in [5, 5.41) is 29.9. The summed E-state index contributed by atoms with van der Waals surface area (Å²) in [6.45, 7) is 2.48. The van der Waals surface area contributed by atoms with Crippen molar-refractivity contribution in [2.75, 3.05) is 12.4 Å². The van der Waals surface area contributed by atoms with Gasteiger partial charge in [0.15, 0.2) is 0 Å². The third-order valence-electron chi connectivity index (χ3n) is 7.31. The number of aliphatic hydroxyl groups excluding tert-OH is 3. The van der Waals surface area contributed by atoms with Crippen molar-refractivity contribution in [2.45, 2.75) is 159 Å². The molecule has 0 unspecified atom stereocenters. The monoisotopic (exact) mass is 588 g/mol. The SMILES string of the molecule is CCCCCCCCCCCCCCCCCC(=O)OCCCC[C@H]1O[C@H](CS(=O)(=O)[O-])[C@@H](O)[C@H](O)[C@H]1O.[Na+]. The molecule has 0 radical (unpaired) electrons. The molecule has 1 aliphatic heterocycles. The number of carbonyl (C=O) groups excluding carboxylic acids is 1. The molecule has 1 saturated heterocycles. The first-order valence-corrected chi connectivity index (χ1v) is 16.5. The average molecular weight is 589 g/mol. The molecule has 0 aromatic heterocycles. The standard InChI is InChI=1S/C28H54O9S.Na/c1-2-3-4-5-6-7-8-9-10-11-12-13-14-15-16-20-25(29)36-21-18-17-19-23-26(30)28(32)27(31)24(37-23)22-38(33,34)35;/h23-24,26-28,30-32H,2-22H2,1H3,(H,33,34,35);/q;+1/p-1/t23-,24-,26+,27-,28-;/m1./s1. The van der Waals surface area contributed by atoms with Gasteiger partial charge < -0.3 is 29.3 Å². The van der Waals surface area contributed by atoms with Crippen LogP contribution < -0.4 is 29.6 Å². The van der Waals surface area contributed by atoms with Crippen LogP contribution in [0.3, 0.4) is 0 Å². The number of aliphatic hydroxyl groups is 3. The van der Waals surface area contributed by atoms with E-state index < -0.39 is 46.4 Å². The number of rotatable bonds is 23. The summed E-state index contributed by atoms with van der Waals surface area (Å²) in [5.74, 6) is -1.21. The van der Waals surface area contributed by atoms with Crippen molar-refractivity contribution in [1.82, 2.24) is 0 Å². The minimum atomic E-state index is -4.67. The van der Waals surface area contributed by atoms with Gasteiger partial charge in [0.05, 0.1) is 34.7 Å². The number of hydrogen-bond acceptors (Lipinski definition) is 9. The molecule has 5 atom stereocenters. The topological polar surface area (TPSA) is 153 Å². The molecule has 39 heavy (non-hydrogen) atoms. The van der Waals surface area contributed by atoms with E-state index in [1.165, 1.54) is 77.0 Å². The minimum absolute atomic E-state index is 0. The maximum absolute atomic E-state index is 11.9. The summed E-state index contributed by atoms with van der Waals surface area (Å²) in [5.41, 5.74) is 0. The van der Waals surface area contributed by atoms with Gasteiger partial charge in [-0.1, -0.05) is 96.8 Å². The molecule has 1 heterocycles. The smallest absolute Gasteiger partial charge is 0.748 e. The van der Waals surface area contributed by atoms with Crippen LogP contribution in [0.15, 0.2) is 0 Å². The maximum Gasteiger partial charge on any atom is 1.00 e. The fourth-order valence-electron chi connectivity index (χ4n) is 4.95. The molecule has 9 nitrogen and oxygen atoms in total. The van der Waals surface area contributed by atoms with Gasteiger partial charge in [0.25, 0.3) is 0 Å². The number of hydrogen-bond donors (Lipinski definition) is 3. The van der Waals surface area contributed by atoms with Gasteiger partial charge in [-0.2, -0.15) is 0 Å². The Labute approximate surface area is 258 Å². The Morgan fingerprint density at radius 1 is 0.718 bits per heavy atom. The van der Waals surface area contributed by atoms with E-state index in [0.29, 0.717) is 19.3 Å². The van der Waals surface area contributed by atoms with Crippen LogP contribution in [-0.2, 0) is 24.4 Å². The summed E-state index contributed by atoms with van der Waals surface area (Å²) in [7, 11) is -4.67. The predicted octanol–water partition coefficient (Wildman–Crippen LogP) is 1.36. The Kier molecular flexibility index (Phi) is 23.9. The summed E-state index contributed by atoms with van der Waals surface area (Å²) in [6, 6.07) is 0. The molecule has 226 valence electrons. The van der Waals surface area contributed by atoms with Crippen molar-refractivity contribution in [3.63, 3.8) is 0 Å². The Balaban J connectivity index is 0.0000144. The van der Waals surface area contributed by atoms with Gasteiger partial charge in [-0.05, 0) is 25.7 Å². The molecular weight excluding hydrogens is 535 g/mol. The van der Waals surface area contributed by atoms with Gasteiger partial charge in [0.2, 0.25) is 0 Å². The molecule has 3 N–H and O–H groups in total. The quantitative estimate of drug-likeness (QED) is 0.0695. The molecular formula is C28H53NaO9S. The fraction of sp³-hybridized carbons (Fsp3) is 0.964. The predicted molar refractivity (Wildman–Crippen MR) is 146 cm³/mol. The van der Waals surface area contributed by atoms with E-state index in [-0.39, 0.29) is 48.6 Å². The van der Waals surface area contributed by atoms with Crippen LogP contribution in [0.2, 0.25) is 0 Å². The fourth-order valence-corrected chi connectivity index (χ4v) is 5.63. The van der Waals surface area contributed by atoms with E-state index in [9.17, 15) is 33.1 Å². The summed E-state index contributed by atoms with van der Waals surface area (Å²) in [4.78, 5) is 11.9. The second kappa shape index (κ2) is 23.7. The normalized spacial score (nSPS) is 23.4. The summed E-state index contributed by atoms with van der Waals surface area (Å²) >= 11 is 0.